The number of pyridine rings is 1. The van der Waals surface area contributed by atoms with Crippen molar-refractivity contribution in [3.63, 3.8) is 0 Å². The van der Waals surface area contributed by atoms with E-state index in [0.29, 0.717) is 0 Å². The highest BCUT2D eigenvalue weighted by atomic mass is 16.2. The monoisotopic (exact) mass is 357 g/mol. The minimum Gasteiger partial charge on any atom is -0.335 e. The molecule has 2 heterocycles. The molecular weight excluding hydrogens is 338 g/mol. The molecule has 0 saturated carbocycles. The highest BCUT2D eigenvalue weighted by Gasteiger charge is 2.23. The molecule has 134 valence electrons. The van der Waals surface area contributed by atoms with Crippen LogP contribution in [0.15, 0.2) is 54.9 Å². The van der Waals surface area contributed by atoms with Gasteiger partial charge in [0.15, 0.2) is 5.65 Å². The van der Waals surface area contributed by atoms with Crippen LogP contribution in [0.2, 0.25) is 0 Å². The highest BCUT2D eigenvalue weighted by molar-refractivity contribution is 6.01. The zero-order chi connectivity index (χ0) is 18.2. The van der Waals surface area contributed by atoms with Crippen molar-refractivity contribution in [3.05, 3.63) is 66.0 Å². The van der Waals surface area contributed by atoms with Crippen LogP contribution < -0.4 is 10.6 Å². The molecule has 3 N–H and O–H groups in total. The Kier molecular flexibility index (Phi) is 3.74. The van der Waals surface area contributed by atoms with E-state index < -0.39 is 0 Å². The Morgan fingerprint density at radius 1 is 1.07 bits per heavy atom. The Morgan fingerprint density at radius 2 is 1.96 bits per heavy atom. The number of urea groups is 1. The average Bonchev–Trinajstić information content (AvgIpc) is 3.17. The van der Waals surface area contributed by atoms with Gasteiger partial charge in [-0.1, -0.05) is 36.4 Å². The summed E-state index contributed by atoms with van der Waals surface area (Å²) in [5.74, 6) is 0. The third kappa shape index (κ3) is 2.89. The normalized spacial score (nSPS) is 16.2. The van der Waals surface area contributed by atoms with E-state index in [1.165, 1.54) is 11.1 Å². The number of aryl methyl sites for hydroxylation is 1. The van der Waals surface area contributed by atoms with Crippen LogP contribution >= 0.6 is 0 Å². The number of anilines is 1. The first-order valence-electron chi connectivity index (χ1n) is 9.13. The second kappa shape index (κ2) is 6.39. The molecule has 6 nitrogen and oxygen atoms in total. The lowest BCUT2D eigenvalue weighted by molar-refractivity contribution is 0.247. The molecule has 6 heteroatoms. The first kappa shape index (κ1) is 15.8. The molecule has 0 saturated heterocycles. The number of hydrogen-bond donors (Lipinski definition) is 3. The predicted octanol–water partition coefficient (Wildman–Crippen LogP) is 3.79. The summed E-state index contributed by atoms with van der Waals surface area (Å²) in [6, 6.07) is 13.9. The number of rotatable bonds is 2. The number of nitrogens with zero attached hydrogens (tertiary/aromatic N) is 2. The SMILES string of the molecule is O=C(Nc1cccc2ccccc12)NC1CCc2c(cnc3[nH]ncc23)C1. The fourth-order valence-electron chi connectivity index (χ4n) is 3.95. The van der Waals surface area contributed by atoms with Crippen LogP contribution in [0.3, 0.4) is 0 Å². The Balaban J connectivity index is 1.31. The van der Waals surface area contributed by atoms with Crippen LogP contribution in [0.5, 0.6) is 0 Å². The van der Waals surface area contributed by atoms with Gasteiger partial charge in [-0.15, -0.1) is 0 Å². The van der Waals surface area contributed by atoms with Gasteiger partial charge in [-0.2, -0.15) is 5.10 Å². The van der Waals surface area contributed by atoms with E-state index in [1.807, 2.05) is 54.9 Å². The van der Waals surface area contributed by atoms with Gasteiger partial charge in [0.05, 0.1) is 11.9 Å². The van der Waals surface area contributed by atoms with Crippen molar-refractivity contribution in [2.75, 3.05) is 5.32 Å². The maximum Gasteiger partial charge on any atom is 0.319 e. The highest BCUT2D eigenvalue weighted by Crippen LogP contribution is 2.27. The third-order valence-electron chi connectivity index (χ3n) is 5.26. The summed E-state index contributed by atoms with van der Waals surface area (Å²) in [5, 5.41) is 16.3. The lowest BCUT2D eigenvalue weighted by atomic mass is 9.88. The van der Waals surface area contributed by atoms with E-state index in [4.69, 9.17) is 0 Å². The number of aromatic nitrogens is 3. The fraction of sp³-hybridized carbons (Fsp3) is 0.190. The summed E-state index contributed by atoms with van der Waals surface area (Å²) in [7, 11) is 0. The molecule has 0 fully saturated rings. The number of aromatic amines is 1. The van der Waals surface area contributed by atoms with Crippen LogP contribution in [0.25, 0.3) is 21.8 Å². The standard InChI is InChI=1S/C21H19N5O/c27-21(25-19-7-3-5-13-4-1-2-6-17(13)19)24-15-8-9-16-14(10-15)11-22-20-18(16)12-23-26-20/h1-7,11-12,15H,8-10H2,(H,22,23,26)(H2,24,25,27). The van der Waals surface area contributed by atoms with E-state index in [2.05, 4.69) is 25.8 Å². The number of carbonyl (C=O) groups is 1. The lowest BCUT2D eigenvalue weighted by Gasteiger charge is -2.25. The Bertz CT molecular complexity index is 1140. The topological polar surface area (TPSA) is 82.7 Å². The molecule has 5 rings (SSSR count). The quantitative estimate of drug-likeness (QED) is 0.510. The molecule has 0 radical (unpaired) electrons. The van der Waals surface area contributed by atoms with Crippen LogP contribution in [0, 0.1) is 0 Å². The van der Waals surface area contributed by atoms with Crippen LogP contribution in [-0.4, -0.2) is 27.3 Å². The Hall–Kier alpha value is -3.41. The summed E-state index contributed by atoms with van der Waals surface area (Å²) < 4.78 is 0. The summed E-state index contributed by atoms with van der Waals surface area (Å²) in [6.07, 6.45) is 6.33. The second-order valence-electron chi connectivity index (χ2n) is 6.96. The van der Waals surface area contributed by atoms with Gasteiger partial charge in [0, 0.05) is 23.0 Å². The van der Waals surface area contributed by atoms with E-state index in [9.17, 15) is 4.79 Å². The molecule has 2 aromatic heterocycles. The molecule has 2 amide bonds. The first-order chi connectivity index (χ1) is 13.3. The largest absolute Gasteiger partial charge is 0.335 e. The number of fused-ring (bicyclic) bond motifs is 4. The van der Waals surface area contributed by atoms with Crippen molar-refractivity contribution in [1.29, 1.82) is 0 Å². The van der Waals surface area contributed by atoms with E-state index in [-0.39, 0.29) is 12.1 Å². The van der Waals surface area contributed by atoms with Gasteiger partial charge in [-0.25, -0.2) is 9.78 Å². The first-order valence-corrected chi connectivity index (χ1v) is 9.13. The molecule has 4 aromatic rings. The maximum atomic E-state index is 12.6. The van der Waals surface area contributed by atoms with Gasteiger partial charge in [0.2, 0.25) is 0 Å². The molecule has 0 bridgehead atoms. The molecule has 0 aliphatic heterocycles. The van der Waals surface area contributed by atoms with Crippen molar-refractivity contribution in [2.24, 2.45) is 0 Å². The predicted molar refractivity (Wildman–Crippen MR) is 106 cm³/mol. The number of benzene rings is 2. The molecule has 0 spiro atoms. The van der Waals surface area contributed by atoms with E-state index >= 15 is 0 Å². The van der Waals surface area contributed by atoms with Crippen LogP contribution in [0.4, 0.5) is 10.5 Å². The summed E-state index contributed by atoms with van der Waals surface area (Å²) in [4.78, 5) is 17.0. The molecule has 27 heavy (non-hydrogen) atoms. The smallest absolute Gasteiger partial charge is 0.319 e. The van der Waals surface area contributed by atoms with Crippen molar-refractivity contribution in [3.8, 4) is 0 Å². The molecule has 1 aliphatic carbocycles. The van der Waals surface area contributed by atoms with Crippen molar-refractivity contribution in [2.45, 2.75) is 25.3 Å². The number of carbonyl (C=O) groups excluding carboxylic acids is 1. The van der Waals surface area contributed by atoms with Gasteiger partial charge in [0.1, 0.15) is 0 Å². The summed E-state index contributed by atoms with van der Waals surface area (Å²) >= 11 is 0. The number of H-pyrrole nitrogens is 1. The van der Waals surface area contributed by atoms with Crippen molar-refractivity contribution >= 4 is 33.5 Å². The summed E-state index contributed by atoms with van der Waals surface area (Å²) in [6.45, 7) is 0. The minimum absolute atomic E-state index is 0.0960. The zero-order valence-electron chi connectivity index (χ0n) is 14.7. The Morgan fingerprint density at radius 3 is 2.93 bits per heavy atom. The maximum absolute atomic E-state index is 12.6. The summed E-state index contributed by atoms with van der Waals surface area (Å²) in [5.41, 5.74) is 4.13. The molecule has 1 unspecified atom stereocenters. The van der Waals surface area contributed by atoms with E-state index in [0.717, 1.165) is 46.8 Å². The van der Waals surface area contributed by atoms with Gasteiger partial charge in [-0.05, 0) is 41.8 Å². The number of amides is 2. The van der Waals surface area contributed by atoms with Gasteiger partial charge < -0.3 is 10.6 Å². The number of hydrogen-bond acceptors (Lipinski definition) is 3. The van der Waals surface area contributed by atoms with Crippen molar-refractivity contribution in [1.82, 2.24) is 20.5 Å². The molecule has 2 aromatic carbocycles. The Labute approximate surface area is 156 Å². The van der Waals surface area contributed by atoms with Gasteiger partial charge in [0.25, 0.3) is 0 Å². The minimum atomic E-state index is -0.169. The van der Waals surface area contributed by atoms with Crippen LogP contribution in [0.1, 0.15) is 17.5 Å². The molecular formula is C21H19N5O. The third-order valence-corrected chi connectivity index (χ3v) is 5.26. The lowest BCUT2D eigenvalue weighted by Crippen LogP contribution is -2.41. The van der Waals surface area contributed by atoms with Gasteiger partial charge in [-0.3, -0.25) is 5.10 Å². The molecule has 1 aliphatic rings. The van der Waals surface area contributed by atoms with Crippen LogP contribution in [-0.2, 0) is 12.8 Å². The second-order valence-corrected chi connectivity index (χ2v) is 6.96. The van der Waals surface area contributed by atoms with E-state index in [1.54, 1.807) is 0 Å². The molecule has 1 atom stereocenters. The fourth-order valence-corrected chi connectivity index (χ4v) is 3.95. The van der Waals surface area contributed by atoms with Gasteiger partial charge >= 0.3 is 6.03 Å². The van der Waals surface area contributed by atoms with Crippen molar-refractivity contribution < 1.29 is 4.79 Å². The average molecular weight is 357 g/mol. The number of nitrogens with one attached hydrogen (secondary N) is 3. The zero-order valence-corrected chi connectivity index (χ0v) is 14.7.